The summed E-state index contributed by atoms with van der Waals surface area (Å²) in [6, 6.07) is 5.03. The summed E-state index contributed by atoms with van der Waals surface area (Å²) in [5.41, 5.74) is 6.90. The summed E-state index contributed by atoms with van der Waals surface area (Å²) in [6.45, 7) is 2.91. The van der Waals surface area contributed by atoms with E-state index < -0.39 is 0 Å². The number of nitrogen functional groups attached to an aromatic ring is 1. The molecule has 4 heteroatoms. The van der Waals surface area contributed by atoms with Crippen LogP contribution in [0.4, 0.5) is 10.1 Å². The second kappa shape index (κ2) is 4.86. The molecule has 0 atom stereocenters. The van der Waals surface area contributed by atoms with E-state index >= 15 is 0 Å². The minimum atomic E-state index is -0.307. The van der Waals surface area contributed by atoms with E-state index in [1.165, 1.54) is 6.07 Å². The molecule has 1 aliphatic heterocycles. The summed E-state index contributed by atoms with van der Waals surface area (Å²) in [7, 11) is 0. The summed E-state index contributed by atoms with van der Waals surface area (Å²) >= 11 is 1.97. The van der Waals surface area contributed by atoms with Crippen LogP contribution in [0, 0.1) is 5.82 Å². The molecule has 0 radical (unpaired) electrons. The van der Waals surface area contributed by atoms with Gasteiger partial charge >= 0.3 is 0 Å². The fraction of sp³-hybridized carbons (Fsp3) is 0.455. The van der Waals surface area contributed by atoms with Crippen molar-refractivity contribution in [3.8, 4) is 0 Å². The number of nitrogens with two attached hydrogens (primary N) is 1. The molecule has 2 nitrogen and oxygen atoms in total. The highest BCUT2D eigenvalue weighted by Crippen LogP contribution is 2.19. The molecular formula is C11H15FN2S. The van der Waals surface area contributed by atoms with Gasteiger partial charge in [0, 0.05) is 31.1 Å². The molecule has 0 unspecified atom stereocenters. The van der Waals surface area contributed by atoms with Crippen LogP contribution in [-0.2, 0) is 6.54 Å². The topological polar surface area (TPSA) is 29.3 Å². The molecule has 2 N–H and O–H groups in total. The van der Waals surface area contributed by atoms with Gasteiger partial charge in [0.1, 0.15) is 5.82 Å². The molecule has 1 aromatic rings. The normalized spacial score (nSPS) is 17.9. The first-order chi connectivity index (χ1) is 7.27. The number of hydrogen-bond acceptors (Lipinski definition) is 3. The van der Waals surface area contributed by atoms with Gasteiger partial charge < -0.3 is 5.73 Å². The van der Waals surface area contributed by atoms with Crippen molar-refractivity contribution < 1.29 is 4.39 Å². The van der Waals surface area contributed by atoms with E-state index in [4.69, 9.17) is 5.73 Å². The Morgan fingerprint density at radius 1 is 1.33 bits per heavy atom. The molecule has 1 aliphatic rings. The van der Waals surface area contributed by atoms with Gasteiger partial charge in [-0.25, -0.2) is 4.39 Å². The number of para-hydroxylation sites is 1. The number of rotatable bonds is 2. The van der Waals surface area contributed by atoms with Crippen molar-refractivity contribution in [2.75, 3.05) is 30.3 Å². The fourth-order valence-corrected chi connectivity index (χ4v) is 2.70. The maximum absolute atomic E-state index is 13.2. The van der Waals surface area contributed by atoms with E-state index in [1.807, 2.05) is 17.8 Å². The van der Waals surface area contributed by atoms with E-state index in [2.05, 4.69) is 4.90 Å². The quantitative estimate of drug-likeness (QED) is 0.782. The fourth-order valence-electron chi connectivity index (χ4n) is 1.72. The molecule has 0 spiro atoms. The third-order valence-electron chi connectivity index (χ3n) is 2.64. The largest absolute Gasteiger partial charge is 0.396 e. The van der Waals surface area contributed by atoms with Crippen LogP contribution in [0.5, 0.6) is 0 Å². The zero-order chi connectivity index (χ0) is 10.7. The summed E-state index contributed by atoms with van der Waals surface area (Å²) < 4.78 is 13.2. The van der Waals surface area contributed by atoms with Gasteiger partial charge in [-0.1, -0.05) is 12.1 Å². The van der Waals surface area contributed by atoms with Crippen molar-refractivity contribution in [2.24, 2.45) is 0 Å². The third-order valence-corrected chi connectivity index (χ3v) is 3.58. The first-order valence-electron chi connectivity index (χ1n) is 5.10. The minimum absolute atomic E-state index is 0.302. The molecule has 1 saturated heterocycles. The van der Waals surface area contributed by atoms with Crippen LogP contribution < -0.4 is 5.73 Å². The second-order valence-electron chi connectivity index (χ2n) is 3.70. The van der Waals surface area contributed by atoms with Gasteiger partial charge in [-0.15, -0.1) is 0 Å². The number of hydrogen-bond donors (Lipinski definition) is 1. The van der Waals surface area contributed by atoms with Crippen molar-refractivity contribution in [3.63, 3.8) is 0 Å². The Morgan fingerprint density at radius 2 is 2.07 bits per heavy atom. The van der Waals surface area contributed by atoms with Gasteiger partial charge in [0.05, 0.1) is 5.69 Å². The Kier molecular flexibility index (Phi) is 3.49. The van der Waals surface area contributed by atoms with Gasteiger partial charge in [-0.3, -0.25) is 4.90 Å². The predicted molar refractivity (Wildman–Crippen MR) is 63.4 cm³/mol. The molecule has 0 saturated carbocycles. The predicted octanol–water partition coefficient (Wildman–Crippen LogP) is 1.96. The average Bonchev–Trinajstić information content (AvgIpc) is 2.26. The molecule has 82 valence electrons. The lowest BCUT2D eigenvalue weighted by Crippen LogP contribution is -2.32. The molecule has 0 bridgehead atoms. The highest BCUT2D eigenvalue weighted by molar-refractivity contribution is 7.99. The lowest BCUT2D eigenvalue weighted by Gasteiger charge is -2.26. The monoisotopic (exact) mass is 226 g/mol. The molecule has 1 heterocycles. The highest BCUT2D eigenvalue weighted by atomic mass is 32.2. The Balaban J connectivity index is 2.06. The van der Waals surface area contributed by atoms with Crippen molar-refractivity contribution in [1.29, 1.82) is 0 Å². The SMILES string of the molecule is Nc1c(F)cccc1CN1CCSCC1. The van der Waals surface area contributed by atoms with Crippen molar-refractivity contribution in [2.45, 2.75) is 6.54 Å². The van der Waals surface area contributed by atoms with Crippen LogP contribution in [0.15, 0.2) is 18.2 Å². The Morgan fingerprint density at radius 3 is 2.80 bits per heavy atom. The van der Waals surface area contributed by atoms with Crippen LogP contribution in [0.25, 0.3) is 0 Å². The lowest BCUT2D eigenvalue weighted by atomic mass is 10.1. The van der Waals surface area contributed by atoms with Gasteiger partial charge in [0.2, 0.25) is 0 Å². The molecule has 1 aromatic carbocycles. The van der Waals surface area contributed by atoms with Crippen LogP contribution in [0.3, 0.4) is 0 Å². The number of benzene rings is 1. The summed E-state index contributed by atoms with van der Waals surface area (Å²) in [5.74, 6) is 2.02. The molecular weight excluding hydrogens is 211 g/mol. The molecule has 0 aliphatic carbocycles. The molecule has 0 amide bonds. The van der Waals surface area contributed by atoms with Gasteiger partial charge in [-0.05, 0) is 11.6 Å². The lowest BCUT2D eigenvalue weighted by molar-refractivity contribution is 0.295. The third kappa shape index (κ3) is 2.63. The van der Waals surface area contributed by atoms with E-state index in [-0.39, 0.29) is 5.82 Å². The number of anilines is 1. The smallest absolute Gasteiger partial charge is 0.146 e. The Labute approximate surface area is 93.6 Å². The van der Waals surface area contributed by atoms with E-state index in [0.717, 1.165) is 36.7 Å². The molecule has 1 fully saturated rings. The minimum Gasteiger partial charge on any atom is -0.396 e. The van der Waals surface area contributed by atoms with E-state index in [1.54, 1.807) is 6.07 Å². The van der Waals surface area contributed by atoms with Crippen molar-refractivity contribution >= 4 is 17.4 Å². The van der Waals surface area contributed by atoms with Crippen molar-refractivity contribution in [1.82, 2.24) is 4.90 Å². The zero-order valence-corrected chi connectivity index (χ0v) is 9.39. The van der Waals surface area contributed by atoms with Crippen molar-refractivity contribution in [3.05, 3.63) is 29.6 Å². The molecule has 2 rings (SSSR count). The molecule has 0 aromatic heterocycles. The Bertz CT molecular complexity index is 337. The summed E-state index contributed by atoms with van der Waals surface area (Å²) in [4.78, 5) is 2.32. The summed E-state index contributed by atoms with van der Waals surface area (Å²) in [6.07, 6.45) is 0. The van der Waals surface area contributed by atoms with Crippen LogP contribution in [0.1, 0.15) is 5.56 Å². The van der Waals surface area contributed by atoms with Crippen LogP contribution >= 0.6 is 11.8 Å². The van der Waals surface area contributed by atoms with Crippen LogP contribution in [-0.4, -0.2) is 29.5 Å². The molecule has 15 heavy (non-hydrogen) atoms. The van der Waals surface area contributed by atoms with E-state index in [0.29, 0.717) is 5.69 Å². The number of nitrogens with zero attached hydrogens (tertiary/aromatic N) is 1. The maximum Gasteiger partial charge on any atom is 0.146 e. The number of thioether (sulfide) groups is 1. The highest BCUT2D eigenvalue weighted by Gasteiger charge is 2.13. The van der Waals surface area contributed by atoms with E-state index in [9.17, 15) is 4.39 Å². The first kappa shape index (κ1) is 10.8. The maximum atomic E-state index is 13.2. The van der Waals surface area contributed by atoms with Gasteiger partial charge in [0.15, 0.2) is 0 Å². The number of halogens is 1. The summed E-state index contributed by atoms with van der Waals surface area (Å²) in [5, 5.41) is 0. The average molecular weight is 226 g/mol. The first-order valence-corrected chi connectivity index (χ1v) is 6.26. The standard InChI is InChI=1S/C11H15FN2S/c12-10-3-1-2-9(11(10)13)8-14-4-6-15-7-5-14/h1-3H,4-8,13H2. The van der Waals surface area contributed by atoms with Gasteiger partial charge in [0.25, 0.3) is 0 Å². The second-order valence-corrected chi connectivity index (χ2v) is 4.93. The van der Waals surface area contributed by atoms with Gasteiger partial charge in [-0.2, -0.15) is 11.8 Å². The zero-order valence-electron chi connectivity index (χ0n) is 8.58. The van der Waals surface area contributed by atoms with Crippen LogP contribution in [0.2, 0.25) is 0 Å². The Hall–Kier alpha value is -0.740.